The number of nitrogens with one attached hydrogen (secondary N) is 1. The van der Waals surface area contributed by atoms with Crippen LogP contribution in [0, 0.1) is 13.8 Å². The van der Waals surface area contributed by atoms with Crippen LogP contribution in [0.4, 0.5) is 5.69 Å². The number of ether oxygens (including phenoxy) is 1. The molecule has 0 spiro atoms. The Morgan fingerprint density at radius 3 is 2.28 bits per heavy atom. The Labute approximate surface area is 170 Å². The zero-order valence-electron chi connectivity index (χ0n) is 16.7. The number of pyridine rings is 1. The number of nitrogens with zero attached hydrogens (tertiary/aromatic N) is 1. The largest absolute Gasteiger partial charge is 0.497 e. The van der Waals surface area contributed by atoms with Crippen LogP contribution in [0.15, 0.2) is 72.8 Å². The molecule has 0 saturated heterocycles. The van der Waals surface area contributed by atoms with Crippen LogP contribution in [0.5, 0.6) is 5.75 Å². The van der Waals surface area contributed by atoms with E-state index in [9.17, 15) is 4.79 Å². The van der Waals surface area contributed by atoms with Gasteiger partial charge in [-0.05, 0) is 73.5 Å². The molecule has 1 N–H and O–H groups in total. The van der Waals surface area contributed by atoms with Crippen LogP contribution >= 0.6 is 0 Å². The van der Waals surface area contributed by atoms with Gasteiger partial charge < -0.3 is 10.1 Å². The van der Waals surface area contributed by atoms with Crippen LogP contribution in [-0.4, -0.2) is 18.0 Å². The average Bonchev–Trinajstić information content (AvgIpc) is 2.72. The fourth-order valence-corrected chi connectivity index (χ4v) is 3.52. The fraction of sp³-hybridized carbons (Fsp3) is 0.120. The molecule has 4 aromatic rings. The number of methoxy groups -OCH3 is 1. The molecule has 29 heavy (non-hydrogen) atoms. The van der Waals surface area contributed by atoms with Gasteiger partial charge in [-0.25, -0.2) is 4.98 Å². The molecular formula is C25H22N2O2. The smallest absolute Gasteiger partial charge is 0.256 e. The number of carbonyl (C=O) groups is 1. The number of para-hydroxylation sites is 1. The summed E-state index contributed by atoms with van der Waals surface area (Å²) in [4.78, 5) is 17.9. The highest BCUT2D eigenvalue weighted by molar-refractivity contribution is 6.13. The van der Waals surface area contributed by atoms with Crippen molar-refractivity contribution in [3.05, 3.63) is 89.5 Å². The summed E-state index contributed by atoms with van der Waals surface area (Å²) in [6.45, 7) is 4.04. The number of benzene rings is 3. The van der Waals surface area contributed by atoms with Crippen LogP contribution in [-0.2, 0) is 0 Å². The first-order valence-corrected chi connectivity index (χ1v) is 9.47. The average molecular weight is 382 g/mol. The second-order valence-corrected chi connectivity index (χ2v) is 7.13. The van der Waals surface area contributed by atoms with E-state index in [-0.39, 0.29) is 5.91 Å². The van der Waals surface area contributed by atoms with Crippen molar-refractivity contribution in [1.29, 1.82) is 0 Å². The number of carbonyl (C=O) groups excluding carboxylic acids is 1. The Morgan fingerprint density at radius 2 is 1.59 bits per heavy atom. The molecule has 1 aromatic heterocycles. The van der Waals surface area contributed by atoms with E-state index in [1.165, 1.54) is 0 Å². The van der Waals surface area contributed by atoms with Gasteiger partial charge in [0.15, 0.2) is 0 Å². The van der Waals surface area contributed by atoms with Gasteiger partial charge in [0.05, 0.1) is 23.9 Å². The lowest BCUT2D eigenvalue weighted by atomic mass is 10.0. The van der Waals surface area contributed by atoms with E-state index in [0.717, 1.165) is 44.7 Å². The summed E-state index contributed by atoms with van der Waals surface area (Å²) >= 11 is 0. The summed E-state index contributed by atoms with van der Waals surface area (Å²) in [6, 6.07) is 23.3. The molecule has 0 saturated carbocycles. The van der Waals surface area contributed by atoms with Gasteiger partial charge in [0.25, 0.3) is 5.91 Å². The summed E-state index contributed by atoms with van der Waals surface area (Å²) in [7, 11) is 1.64. The maximum absolute atomic E-state index is 13.2. The first kappa shape index (κ1) is 18.7. The number of anilines is 1. The lowest BCUT2D eigenvalue weighted by Crippen LogP contribution is -2.13. The van der Waals surface area contributed by atoms with Gasteiger partial charge in [-0.3, -0.25) is 4.79 Å². The van der Waals surface area contributed by atoms with E-state index < -0.39 is 0 Å². The molecule has 144 valence electrons. The predicted octanol–water partition coefficient (Wildman–Crippen LogP) is 5.78. The third kappa shape index (κ3) is 3.97. The lowest BCUT2D eigenvalue weighted by molar-refractivity contribution is 0.102. The number of aryl methyl sites for hydroxylation is 2. The van der Waals surface area contributed by atoms with E-state index in [2.05, 4.69) is 11.4 Å². The second-order valence-electron chi connectivity index (χ2n) is 7.13. The predicted molar refractivity (Wildman–Crippen MR) is 118 cm³/mol. The monoisotopic (exact) mass is 382 g/mol. The quantitative estimate of drug-likeness (QED) is 0.487. The first-order valence-electron chi connectivity index (χ1n) is 9.47. The molecule has 0 bridgehead atoms. The van der Waals surface area contributed by atoms with Crippen molar-refractivity contribution >= 4 is 22.5 Å². The highest BCUT2D eigenvalue weighted by Crippen LogP contribution is 2.27. The van der Waals surface area contributed by atoms with Crippen molar-refractivity contribution in [1.82, 2.24) is 4.98 Å². The molecular weight excluding hydrogens is 360 g/mol. The Kier molecular flexibility index (Phi) is 5.00. The number of fused-ring (bicyclic) bond motifs is 1. The standard InChI is InChI=1S/C25H22N2O2/c1-16-12-17(2)14-19(13-16)26-25(28)22-15-24(18-8-10-20(29-3)11-9-18)27-23-7-5-4-6-21(22)23/h4-15H,1-3H3,(H,26,28). The minimum absolute atomic E-state index is 0.150. The summed E-state index contributed by atoms with van der Waals surface area (Å²) in [5, 5.41) is 3.87. The Bertz CT molecular complexity index is 1180. The van der Waals surface area contributed by atoms with Crippen molar-refractivity contribution in [2.75, 3.05) is 12.4 Å². The van der Waals surface area contributed by atoms with Gasteiger partial charge in [-0.2, -0.15) is 0 Å². The third-order valence-corrected chi connectivity index (χ3v) is 4.83. The normalized spacial score (nSPS) is 10.7. The van der Waals surface area contributed by atoms with Crippen molar-refractivity contribution in [3.63, 3.8) is 0 Å². The summed E-state index contributed by atoms with van der Waals surface area (Å²) in [5.74, 6) is 0.630. The van der Waals surface area contributed by atoms with Crippen LogP contribution < -0.4 is 10.1 Å². The molecule has 0 aliphatic carbocycles. The molecule has 0 atom stereocenters. The van der Waals surface area contributed by atoms with E-state index in [1.54, 1.807) is 7.11 Å². The Morgan fingerprint density at radius 1 is 0.897 bits per heavy atom. The second kappa shape index (κ2) is 7.76. The van der Waals surface area contributed by atoms with E-state index in [1.807, 2.05) is 80.6 Å². The molecule has 4 rings (SSSR count). The number of rotatable bonds is 4. The minimum Gasteiger partial charge on any atom is -0.497 e. The molecule has 0 radical (unpaired) electrons. The molecule has 3 aromatic carbocycles. The van der Waals surface area contributed by atoms with Gasteiger partial charge >= 0.3 is 0 Å². The SMILES string of the molecule is COc1ccc(-c2cc(C(=O)Nc3cc(C)cc(C)c3)c3ccccc3n2)cc1. The number of hydrogen-bond donors (Lipinski definition) is 1. The fourth-order valence-electron chi connectivity index (χ4n) is 3.52. The van der Waals surface area contributed by atoms with E-state index in [0.29, 0.717) is 5.56 Å². The Balaban J connectivity index is 1.78. The third-order valence-electron chi connectivity index (χ3n) is 4.83. The summed E-state index contributed by atoms with van der Waals surface area (Å²) in [5.41, 5.74) is 6.07. The number of hydrogen-bond acceptors (Lipinski definition) is 3. The molecule has 4 heteroatoms. The van der Waals surface area contributed by atoms with Crippen LogP contribution in [0.1, 0.15) is 21.5 Å². The molecule has 4 nitrogen and oxygen atoms in total. The Hall–Kier alpha value is -3.66. The van der Waals surface area contributed by atoms with Crippen LogP contribution in [0.25, 0.3) is 22.2 Å². The van der Waals surface area contributed by atoms with Crippen molar-refractivity contribution < 1.29 is 9.53 Å². The highest BCUT2D eigenvalue weighted by atomic mass is 16.5. The topological polar surface area (TPSA) is 51.2 Å². The first-order chi connectivity index (χ1) is 14.0. The van der Waals surface area contributed by atoms with Crippen molar-refractivity contribution in [2.24, 2.45) is 0 Å². The molecule has 0 fully saturated rings. The maximum atomic E-state index is 13.2. The van der Waals surface area contributed by atoms with E-state index in [4.69, 9.17) is 9.72 Å². The van der Waals surface area contributed by atoms with Gasteiger partial charge in [0.1, 0.15) is 5.75 Å². The summed E-state index contributed by atoms with van der Waals surface area (Å²) in [6.07, 6.45) is 0. The molecule has 1 heterocycles. The maximum Gasteiger partial charge on any atom is 0.256 e. The molecule has 0 aliphatic heterocycles. The number of amides is 1. The molecule has 0 unspecified atom stereocenters. The van der Waals surface area contributed by atoms with Gasteiger partial charge in [0.2, 0.25) is 0 Å². The van der Waals surface area contributed by atoms with Crippen molar-refractivity contribution in [3.8, 4) is 17.0 Å². The molecule has 1 amide bonds. The zero-order chi connectivity index (χ0) is 20.4. The van der Waals surface area contributed by atoms with Gasteiger partial charge in [-0.15, -0.1) is 0 Å². The lowest BCUT2D eigenvalue weighted by Gasteiger charge is -2.12. The van der Waals surface area contributed by atoms with Gasteiger partial charge in [0, 0.05) is 16.6 Å². The van der Waals surface area contributed by atoms with Gasteiger partial charge in [-0.1, -0.05) is 24.3 Å². The van der Waals surface area contributed by atoms with Crippen molar-refractivity contribution in [2.45, 2.75) is 13.8 Å². The minimum atomic E-state index is -0.150. The molecule has 0 aliphatic rings. The summed E-state index contributed by atoms with van der Waals surface area (Å²) < 4.78 is 5.24. The number of aromatic nitrogens is 1. The zero-order valence-corrected chi connectivity index (χ0v) is 16.7. The van der Waals surface area contributed by atoms with Crippen LogP contribution in [0.2, 0.25) is 0 Å². The highest BCUT2D eigenvalue weighted by Gasteiger charge is 2.14. The van der Waals surface area contributed by atoms with Crippen LogP contribution in [0.3, 0.4) is 0 Å². The van der Waals surface area contributed by atoms with E-state index >= 15 is 0 Å².